The molecular weight excluding hydrogens is 274 g/mol. The molecule has 3 nitrogen and oxygen atoms in total. The third kappa shape index (κ3) is 7.02. The van der Waals surface area contributed by atoms with E-state index < -0.39 is 6.43 Å². The van der Waals surface area contributed by atoms with Gasteiger partial charge in [0.1, 0.15) is 0 Å². The first kappa shape index (κ1) is 18.8. The Labute approximate surface area is 128 Å². The smallest absolute Gasteiger partial charge is 0.251 e. The molecular formula is C16H32F2N2O. The van der Waals surface area contributed by atoms with Crippen molar-refractivity contribution in [1.29, 1.82) is 0 Å². The Bertz CT molecular complexity index is 267. The number of nitrogens with one attached hydrogen (secondary N) is 1. The van der Waals surface area contributed by atoms with Crippen LogP contribution in [0.25, 0.3) is 0 Å². The first-order valence-corrected chi connectivity index (χ1v) is 8.45. The zero-order valence-corrected chi connectivity index (χ0v) is 13.5. The molecule has 2 N–H and O–H groups in total. The first-order valence-electron chi connectivity index (χ1n) is 8.45. The van der Waals surface area contributed by atoms with Crippen LogP contribution in [-0.2, 0) is 0 Å². The Balaban J connectivity index is 2.60. The Morgan fingerprint density at radius 3 is 2.62 bits per heavy atom. The van der Waals surface area contributed by atoms with Gasteiger partial charge in [-0.15, -0.1) is 0 Å². The second-order valence-electron chi connectivity index (χ2n) is 6.28. The molecule has 0 heterocycles. The van der Waals surface area contributed by atoms with Crippen molar-refractivity contribution in [1.82, 2.24) is 10.2 Å². The number of hydrogen-bond acceptors (Lipinski definition) is 3. The lowest BCUT2D eigenvalue weighted by atomic mass is 9.76. The highest BCUT2D eigenvalue weighted by Crippen LogP contribution is 2.32. The minimum absolute atomic E-state index is 0.0519. The van der Waals surface area contributed by atoms with Crippen LogP contribution in [0.15, 0.2) is 0 Å². The monoisotopic (exact) mass is 306 g/mol. The molecule has 0 bridgehead atoms. The number of alkyl halides is 2. The molecule has 0 aliphatic heterocycles. The normalized spacial score (nSPS) is 26.7. The van der Waals surface area contributed by atoms with Crippen LogP contribution in [0, 0.1) is 11.8 Å². The van der Waals surface area contributed by atoms with Crippen molar-refractivity contribution in [2.45, 2.75) is 58.4 Å². The molecule has 0 aromatic rings. The Morgan fingerprint density at radius 1 is 1.29 bits per heavy atom. The maximum absolute atomic E-state index is 12.7. The maximum Gasteiger partial charge on any atom is 0.251 e. The minimum Gasteiger partial charge on any atom is -0.395 e. The van der Waals surface area contributed by atoms with Crippen molar-refractivity contribution < 1.29 is 13.9 Å². The average molecular weight is 306 g/mol. The van der Waals surface area contributed by atoms with Crippen LogP contribution < -0.4 is 5.32 Å². The predicted octanol–water partition coefficient (Wildman–Crippen LogP) is 2.74. The van der Waals surface area contributed by atoms with Gasteiger partial charge in [-0.1, -0.05) is 20.3 Å². The van der Waals surface area contributed by atoms with E-state index in [9.17, 15) is 8.78 Å². The lowest BCUT2D eigenvalue weighted by molar-refractivity contribution is 0.0555. The highest BCUT2D eigenvalue weighted by molar-refractivity contribution is 4.86. The molecule has 0 amide bonds. The number of nitrogens with zero attached hydrogens (tertiary/aromatic N) is 1. The molecule has 0 spiro atoms. The summed E-state index contributed by atoms with van der Waals surface area (Å²) in [4.78, 5) is 1.73. The van der Waals surface area contributed by atoms with Crippen molar-refractivity contribution in [3.05, 3.63) is 0 Å². The molecule has 0 saturated heterocycles. The SMILES string of the molecule is CCCNC1CCC(CC)CC1CN(CCO)CC(F)F. The minimum atomic E-state index is -2.33. The first-order chi connectivity index (χ1) is 10.1. The predicted molar refractivity (Wildman–Crippen MR) is 82.7 cm³/mol. The van der Waals surface area contributed by atoms with Crippen LogP contribution in [0.2, 0.25) is 0 Å². The van der Waals surface area contributed by atoms with Gasteiger partial charge in [-0.2, -0.15) is 0 Å². The molecule has 5 heteroatoms. The fourth-order valence-corrected chi connectivity index (χ4v) is 3.46. The van der Waals surface area contributed by atoms with Crippen molar-refractivity contribution in [3.8, 4) is 0 Å². The van der Waals surface area contributed by atoms with Gasteiger partial charge in [-0.05, 0) is 44.1 Å². The van der Waals surface area contributed by atoms with E-state index in [1.165, 1.54) is 12.8 Å². The fraction of sp³-hybridized carbons (Fsp3) is 1.00. The van der Waals surface area contributed by atoms with E-state index in [-0.39, 0.29) is 13.2 Å². The van der Waals surface area contributed by atoms with E-state index in [0.717, 1.165) is 31.7 Å². The summed E-state index contributed by atoms with van der Waals surface area (Å²) in [6.07, 6.45) is 3.44. The molecule has 3 atom stereocenters. The van der Waals surface area contributed by atoms with Gasteiger partial charge in [0.2, 0.25) is 0 Å². The molecule has 1 saturated carbocycles. The second kappa shape index (κ2) is 10.5. The van der Waals surface area contributed by atoms with Crippen molar-refractivity contribution >= 4 is 0 Å². The van der Waals surface area contributed by atoms with Crippen molar-refractivity contribution in [2.24, 2.45) is 11.8 Å². The number of aliphatic hydroxyl groups is 1. The summed E-state index contributed by atoms with van der Waals surface area (Å²) in [7, 11) is 0. The third-order valence-corrected chi connectivity index (χ3v) is 4.63. The summed E-state index contributed by atoms with van der Waals surface area (Å²) in [5, 5.41) is 12.7. The standard InChI is InChI=1S/C16H32F2N2O/c1-3-7-19-15-6-5-13(4-2)10-14(15)11-20(8-9-21)12-16(17)18/h13-16,19,21H,3-12H2,1-2H3. The van der Waals surface area contributed by atoms with Crippen molar-refractivity contribution in [3.63, 3.8) is 0 Å². The Morgan fingerprint density at radius 2 is 2.05 bits per heavy atom. The average Bonchev–Trinajstić information content (AvgIpc) is 2.45. The third-order valence-electron chi connectivity index (χ3n) is 4.63. The number of hydrogen-bond donors (Lipinski definition) is 2. The van der Waals surface area contributed by atoms with Gasteiger partial charge in [-0.3, -0.25) is 4.90 Å². The van der Waals surface area contributed by atoms with E-state index in [1.54, 1.807) is 4.90 Å². The summed E-state index contributed by atoms with van der Waals surface area (Å²) in [6.45, 7) is 6.09. The van der Waals surface area contributed by atoms with Crippen LogP contribution in [-0.4, -0.2) is 55.3 Å². The van der Waals surface area contributed by atoms with Crippen molar-refractivity contribution in [2.75, 3.05) is 32.8 Å². The van der Waals surface area contributed by atoms with Gasteiger partial charge in [0.15, 0.2) is 0 Å². The summed E-state index contributed by atoms with van der Waals surface area (Å²) in [6, 6.07) is 0.437. The summed E-state index contributed by atoms with van der Waals surface area (Å²) < 4.78 is 25.3. The van der Waals surface area contributed by atoms with Crippen LogP contribution in [0.3, 0.4) is 0 Å². The van der Waals surface area contributed by atoms with Gasteiger partial charge in [0.25, 0.3) is 6.43 Å². The van der Waals surface area contributed by atoms with Gasteiger partial charge < -0.3 is 10.4 Å². The van der Waals surface area contributed by atoms with E-state index in [4.69, 9.17) is 5.11 Å². The second-order valence-corrected chi connectivity index (χ2v) is 6.28. The maximum atomic E-state index is 12.7. The molecule has 3 unspecified atom stereocenters. The van der Waals surface area contributed by atoms with Gasteiger partial charge in [0.05, 0.1) is 13.2 Å². The topological polar surface area (TPSA) is 35.5 Å². The number of halogens is 2. The largest absolute Gasteiger partial charge is 0.395 e. The van der Waals surface area contributed by atoms with E-state index in [2.05, 4.69) is 19.2 Å². The molecule has 0 radical (unpaired) electrons. The lowest BCUT2D eigenvalue weighted by Gasteiger charge is -2.39. The quantitative estimate of drug-likeness (QED) is 0.651. The van der Waals surface area contributed by atoms with E-state index >= 15 is 0 Å². The lowest BCUT2D eigenvalue weighted by Crippen LogP contribution is -2.47. The summed E-state index contributed by atoms with van der Waals surface area (Å²) >= 11 is 0. The molecule has 0 aromatic carbocycles. The van der Waals surface area contributed by atoms with Gasteiger partial charge in [0, 0.05) is 19.1 Å². The number of aliphatic hydroxyl groups excluding tert-OH is 1. The summed E-state index contributed by atoms with van der Waals surface area (Å²) in [5.41, 5.74) is 0. The highest BCUT2D eigenvalue weighted by Gasteiger charge is 2.31. The zero-order chi connectivity index (χ0) is 15.7. The molecule has 21 heavy (non-hydrogen) atoms. The Kier molecular flexibility index (Phi) is 9.36. The molecule has 1 aliphatic rings. The highest BCUT2D eigenvalue weighted by atomic mass is 19.3. The van der Waals surface area contributed by atoms with Crippen LogP contribution >= 0.6 is 0 Å². The van der Waals surface area contributed by atoms with Gasteiger partial charge in [-0.25, -0.2) is 8.78 Å². The molecule has 1 rings (SSSR count). The molecule has 126 valence electrons. The molecule has 1 aliphatic carbocycles. The van der Waals surface area contributed by atoms with Gasteiger partial charge >= 0.3 is 0 Å². The summed E-state index contributed by atoms with van der Waals surface area (Å²) in [5.74, 6) is 1.14. The Hall–Kier alpha value is -0.260. The zero-order valence-electron chi connectivity index (χ0n) is 13.5. The van der Waals surface area contributed by atoms with E-state index in [0.29, 0.717) is 25.0 Å². The molecule has 1 fully saturated rings. The number of rotatable bonds is 10. The van der Waals surface area contributed by atoms with Crippen LogP contribution in [0.5, 0.6) is 0 Å². The fourth-order valence-electron chi connectivity index (χ4n) is 3.46. The van der Waals surface area contributed by atoms with Crippen LogP contribution in [0.4, 0.5) is 8.78 Å². The van der Waals surface area contributed by atoms with Crippen LogP contribution in [0.1, 0.15) is 46.0 Å². The van der Waals surface area contributed by atoms with E-state index in [1.807, 2.05) is 0 Å². The molecule has 0 aromatic heterocycles.